The van der Waals surface area contributed by atoms with Crippen molar-refractivity contribution in [3.63, 3.8) is 0 Å². The van der Waals surface area contributed by atoms with Gasteiger partial charge in [0, 0.05) is 33.9 Å². The van der Waals surface area contributed by atoms with E-state index < -0.39 is 0 Å². The molecule has 0 amide bonds. The molecule has 27 heavy (non-hydrogen) atoms. The highest BCUT2D eigenvalue weighted by atomic mass is 127. The quantitative estimate of drug-likeness (QED) is 0.226. The smallest absolute Gasteiger partial charge is 0.191 e. The number of guanidine groups is 1. The van der Waals surface area contributed by atoms with Gasteiger partial charge in [-0.15, -0.1) is 24.0 Å². The molecule has 1 atom stereocenters. The normalized spacial score (nSPS) is 12.9. The molecule has 0 radical (unpaired) electrons. The zero-order chi connectivity index (χ0) is 19.4. The van der Waals surface area contributed by atoms with Gasteiger partial charge in [-0.05, 0) is 29.5 Å². The van der Waals surface area contributed by atoms with E-state index in [1.807, 2.05) is 24.3 Å². The molecule has 156 valence electrons. The molecule has 1 rings (SSSR count). The Labute approximate surface area is 181 Å². The van der Waals surface area contributed by atoms with Gasteiger partial charge in [-0.1, -0.05) is 32.9 Å². The zero-order valence-electron chi connectivity index (χ0n) is 17.5. The first-order valence-corrected chi connectivity index (χ1v) is 9.08. The molecule has 6 nitrogen and oxygen atoms in total. The van der Waals surface area contributed by atoms with Crippen LogP contribution in [-0.2, 0) is 16.1 Å². The minimum atomic E-state index is 0. The van der Waals surface area contributed by atoms with Crippen LogP contribution in [0.3, 0.4) is 0 Å². The molecule has 0 bridgehead atoms. The second kappa shape index (κ2) is 14.0. The molecule has 0 fully saturated rings. The Hall–Kier alpha value is -1.06. The van der Waals surface area contributed by atoms with Gasteiger partial charge in [-0.25, -0.2) is 0 Å². The Morgan fingerprint density at radius 1 is 1.11 bits per heavy atom. The van der Waals surface area contributed by atoms with E-state index in [-0.39, 0.29) is 35.5 Å². The van der Waals surface area contributed by atoms with Gasteiger partial charge in [0.1, 0.15) is 5.75 Å². The van der Waals surface area contributed by atoms with Crippen molar-refractivity contribution in [2.45, 2.75) is 39.9 Å². The molecule has 0 aromatic heterocycles. The van der Waals surface area contributed by atoms with Crippen LogP contribution in [0.1, 0.15) is 32.8 Å². The summed E-state index contributed by atoms with van der Waals surface area (Å²) in [6.45, 7) is 9.32. The number of nitrogens with one attached hydrogen (secondary N) is 2. The first kappa shape index (κ1) is 25.9. The van der Waals surface area contributed by atoms with E-state index >= 15 is 0 Å². The lowest BCUT2D eigenvalue weighted by Gasteiger charge is -2.30. The van der Waals surface area contributed by atoms with E-state index in [0.717, 1.165) is 30.2 Å². The first-order valence-electron chi connectivity index (χ1n) is 9.08. The second-order valence-electron chi connectivity index (χ2n) is 7.22. The number of rotatable bonds is 10. The Balaban J connectivity index is 0.00000676. The summed E-state index contributed by atoms with van der Waals surface area (Å²) in [5, 5.41) is 6.62. The average Bonchev–Trinajstić information content (AvgIpc) is 2.62. The van der Waals surface area contributed by atoms with Crippen molar-refractivity contribution in [2.75, 3.05) is 41.0 Å². The summed E-state index contributed by atoms with van der Waals surface area (Å²) in [5.74, 6) is 1.64. The number of aliphatic imine (C=N–C) groups is 1. The van der Waals surface area contributed by atoms with Crippen molar-refractivity contribution in [1.82, 2.24) is 10.6 Å². The largest absolute Gasteiger partial charge is 0.497 e. The van der Waals surface area contributed by atoms with E-state index in [0.29, 0.717) is 19.8 Å². The zero-order valence-corrected chi connectivity index (χ0v) is 19.8. The van der Waals surface area contributed by atoms with Gasteiger partial charge in [0.05, 0.1) is 19.8 Å². The standard InChI is InChI=1S/C20H35N3O3.HI/c1-20(2,3)18(25-6)14-23-19(21-4)22-12-7-13-26-15-16-8-10-17(24-5)11-9-16;/h8-11,18H,7,12-15H2,1-6H3,(H2,21,22,23);1H. The summed E-state index contributed by atoms with van der Waals surface area (Å²) >= 11 is 0. The van der Waals surface area contributed by atoms with Crippen LogP contribution in [0.25, 0.3) is 0 Å². The Kier molecular flexibility index (Phi) is 13.5. The van der Waals surface area contributed by atoms with Crippen LogP contribution in [0.15, 0.2) is 29.3 Å². The Morgan fingerprint density at radius 3 is 2.30 bits per heavy atom. The van der Waals surface area contributed by atoms with Gasteiger partial charge in [-0.3, -0.25) is 4.99 Å². The first-order chi connectivity index (χ1) is 12.4. The number of hydrogen-bond acceptors (Lipinski definition) is 4. The maximum atomic E-state index is 5.71. The lowest BCUT2D eigenvalue weighted by molar-refractivity contribution is 0.0205. The van der Waals surface area contributed by atoms with Crippen LogP contribution in [0.5, 0.6) is 5.75 Å². The molecular weight excluding hydrogens is 457 g/mol. The Morgan fingerprint density at radius 2 is 1.78 bits per heavy atom. The van der Waals surface area contributed by atoms with Crippen molar-refractivity contribution < 1.29 is 14.2 Å². The fraction of sp³-hybridized carbons (Fsp3) is 0.650. The molecule has 0 spiro atoms. The third-order valence-corrected chi connectivity index (χ3v) is 4.11. The lowest BCUT2D eigenvalue weighted by Crippen LogP contribution is -2.45. The molecule has 1 unspecified atom stereocenters. The number of methoxy groups -OCH3 is 2. The summed E-state index contributed by atoms with van der Waals surface area (Å²) in [4.78, 5) is 4.24. The van der Waals surface area contributed by atoms with Gasteiger partial charge in [-0.2, -0.15) is 0 Å². The van der Waals surface area contributed by atoms with Crippen LogP contribution in [0.2, 0.25) is 0 Å². The number of nitrogens with zero attached hydrogens (tertiary/aromatic N) is 1. The number of hydrogen-bond donors (Lipinski definition) is 2. The summed E-state index contributed by atoms with van der Waals surface area (Å²) in [5.41, 5.74) is 1.22. The summed E-state index contributed by atoms with van der Waals surface area (Å²) < 4.78 is 16.4. The maximum Gasteiger partial charge on any atom is 0.191 e. The summed E-state index contributed by atoms with van der Waals surface area (Å²) in [6.07, 6.45) is 1.03. The van der Waals surface area contributed by atoms with Crippen molar-refractivity contribution in [1.29, 1.82) is 0 Å². The van der Waals surface area contributed by atoms with E-state index in [1.165, 1.54) is 0 Å². The molecule has 0 heterocycles. The van der Waals surface area contributed by atoms with E-state index in [4.69, 9.17) is 14.2 Å². The van der Waals surface area contributed by atoms with Crippen LogP contribution >= 0.6 is 24.0 Å². The topological polar surface area (TPSA) is 64.1 Å². The highest BCUT2D eigenvalue weighted by Gasteiger charge is 2.24. The van der Waals surface area contributed by atoms with Crippen LogP contribution in [0, 0.1) is 5.41 Å². The number of benzene rings is 1. The van der Waals surface area contributed by atoms with Crippen molar-refractivity contribution in [2.24, 2.45) is 10.4 Å². The van der Waals surface area contributed by atoms with Crippen molar-refractivity contribution in [3.8, 4) is 5.75 Å². The fourth-order valence-electron chi connectivity index (χ4n) is 2.45. The highest BCUT2D eigenvalue weighted by molar-refractivity contribution is 14.0. The summed E-state index contributed by atoms with van der Waals surface area (Å²) in [6, 6.07) is 7.93. The van der Waals surface area contributed by atoms with Crippen molar-refractivity contribution in [3.05, 3.63) is 29.8 Å². The monoisotopic (exact) mass is 493 g/mol. The van der Waals surface area contributed by atoms with E-state index in [9.17, 15) is 0 Å². The van der Waals surface area contributed by atoms with Gasteiger partial charge < -0.3 is 24.8 Å². The van der Waals surface area contributed by atoms with Crippen LogP contribution < -0.4 is 15.4 Å². The lowest BCUT2D eigenvalue weighted by atomic mass is 9.89. The fourth-order valence-corrected chi connectivity index (χ4v) is 2.45. The summed E-state index contributed by atoms with van der Waals surface area (Å²) in [7, 11) is 5.18. The molecule has 7 heteroatoms. The number of ether oxygens (including phenoxy) is 3. The maximum absolute atomic E-state index is 5.71. The Bertz CT molecular complexity index is 530. The van der Waals surface area contributed by atoms with Gasteiger partial charge in [0.25, 0.3) is 0 Å². The highest BCUT2D eigenvalue weighted by Crippen LogP contribution is 2.20. The molecule has 0 aliphatic rings. The molecule has 0 saturated carbocycles. The van der Waals surface area contributed by atoms with E-state index in [2.05, 4.69) is 36.4 Å². The predicted molar refractivity (Wildman–Crippen MR) is 122 cm³/mol. The molecule has 0 aliphatic heterocycles. The second-order valence-corrected chi connectivity index (χ2v) is 7.22. The number of halogens is 1. The minimum Gasteiger partial charge on any atom is -0.497 e. The minimum absolute atomic E-state index is 0. The average molecular weight is 493 g/mol. The van der Waals surface area contributed by atoms with Gasteiger partial charge >= 0.3 is 0 Å². The van der Waals surface area contributed by atoms with Crippen LogP contribution in [-0.4, -0.2) is 53.0 Å². The van der Waals surface area contributed by atoms with E-state index in [1.54, 1.807) is 21.3 Å². The third kappa shape index (κ3) is 10.8. The molecule has 1 aromatic rings. The van der Waals surface area contributed by atoms with Gasteiger partial charge in [0.15, 0.2) is 5.96 Å². The molecule has 1 aromatic carbocycles. The SMILES string of the molecule is CN=C(NCCCOCc1ccc(OC)cc1)NCC(OC)C(C)(C)C.I. The molecule has 0 aliphatic carbocycles. The van der Waals surface area contributed by atoms with Crippen LogP contribution in [0.4, 0.5) is 0 Å². The molecular formula is C20H36IN3O3. The molecule has 2 N–H and O–H groups in total. The molecule has 0 saturated heterocycles. The third-order valence-electron chi connectivity index (χ3n) is 4.11. The van der Waals surface area contributed by atoms with Gasteiger partial charge in [0.2, 0.25) is 0 Å². The van der Waals surface area contributed by atoms with Crippen molar-refractivity contribution >= 4 is 29.9 Å². The predicted octanol–water partition coefficient (Wildman–Crippen LogP) is 3.45.